The number of hydrogen-bond acceptors (Lipinski definition) is 3. The molecule has 1 spiro atoms. The molecular weight excluding hydrogens is 244 g/mol. The molecule has 1 heterocycles. The van der Waals surface area contributed by atoms with Gasteiger partial charge in [-0.3, -0.25) is 4.79 Å². The summed E-state index contributed by atoms with van der Waals surface area (Å²) in [5.41, 5.74) is 0.368. The van der Waals surface area contributed by atoms with Crippen LogP contribution >= 0.6 is 11.8 Å². The first kappa shape index (κ1) is 14.2. The predicted molar refractivity (Wildman–Crippen MR) is 77.9 cm³/mol. The summed E-state index contributed by atoms with van der Waals surface area (Å²) in [5.74, 6) is 2.93. The number of hydrogen-bond donors (Lipinski definition) is 2. The van der Waals surface area contributed by atoms with Crippen LogP contribution in [0, 0.1) is 11.3 Å². The minimum absolute atomic E-state index is 0.306. The SMILES string of the molecule is CCSCCC(C)NC(=O)C1CC12CCNCC2. The molecule has 3 nitrogen and oxygen atoms in total. The van der Waals surface area contributed by atoms with Crippen LogP contribution in [-0.2, 0) is 4.79 Å². The van der Waals surface area contributed by atoms with Crippen LogP contribution in [0.15, 0.2) is 0 Å². The molecule has 1 aliphatic heterocycles. The summed E-state index contributed by atoms with van der Waals surface area (Å²) in [6.45, 7) is 6.49. The van der Waals surface area contributed by atoms with Crippen molar-refractivity contribution in [3.05, 3.63) is 0 Å². The average molecular weight is 270 g/mol. The van der Waals surface area contributed by atoms with Gasteiger partial charge in [-0.25, -0.2) is 0 Å². The van der Waals surface area contributed by atoms with Crippen molar-refractivity contribution in [1.82, 2.24) is 10.6 Å². The third-order valence-electron chi connectivity index (χ3n) is 4.39. The highest BCUT2D eigenvalue weighted by atomic mass is 32.2. The fourth-order valence-electron chi connectivity index (χ4n) is 3.02. The molecule has 2 unspecified atom stereocenters. The van der Waals surface area contributed by atoms with Crippen LogP contribution in [0.4, 0.5) is 0 Å². The van der Waals surface area contributed by atoms with Crippen LogP contribution in [0.25, 0.3) is 0 Å². The highest BCUT2D eigenvalue weighted by Gasteiger charge is 2.57. The first-order valence-electron chi connectivity index (χ1n) is 7.27. The molecule has 18 heavy (non-hydrogen) atoms. The van der Waals surface area contributed by atoms with E-state index in [4.69, 9.17) is 0 Å². The first-order valence-corrected chi connectivity index (χ1v) is 8.42. The van der Waals surface area contributed by atoms with Gasteiger partial charge in [0.05, 0.1) is 0 Å². The van der Waals surface area contributed by atoms with Gasteiger partial charge in [0, 0.05) is 12.0 Å². The largest absolute Gasteiger partial charge is 0.353 e. The zero-order valence-electron chi connectivity index (χ0n) is 11.6. The smallest absolute Gasteiger partial charge is 0.223 e. The van der Waals surface area contributed by atoms with E-state index in [-0.39, 0.29) is 0 Å². The summed E-state index contributed by atoms with van der Waals surface area (Å²) in [5, 5.41) is 6.58. The van der Waals surface area contributed by atoms with Crippen molar-refractivity contribution in [2.45, 2.75) is 45.6 Å². The van der Waals surface area contributed by atoms with Crippen LogP contribution in [0.3, 0.4) is 0 Å². The van der Waals surface area contributed by atoms with E-state index in [1.54, 1.807) is 0 Å². The van der Waals surface area contributed by atoms with Gasteiger partial charge >= 0.3 is 0 Å². The fraction of sp³-hybridized carbons (Fsp3) is 0.929. The molecule has 0 radical (unpaired) electrons. The zero-order valence-corrected chi connectivity index (χ0v) is 12.4. The molecule has 0 bridgehead atoms. The van der Waals surface area contributed by atoms with Crippen LogP contribution in [0.1, 0.15) is 39.5 Å². The quantitative estimate of drug-likeness (QED) is 0.726. The van der Waals surface area contributed by atoms with Crippen molar-refractivity contribution in [3.8, 4) is 0 Å². The highest BCUT2D eigenvalue weighted by Crippen LogP contribution is 2.58. The topological polar surface area (TPSA) is 41.1 Å². The molecule has 2 N–H and O–H groups in total. The number of carbonyl (C=O) groups is 1. The third kappa shape index (κ3) is 3.41. The molecule has 1 saturated heterocycles. The summed E-state index contributed by atoms with van der Waals surface area (Å²) in [6.07, 6.45) is 4.58. The second-order valence-electron chi connectivity index (χ2n) is 5.76. The van der Waals surface area contributed by atoms with Gasteiger partial charge in [-0.05, 0) is 62.6 Å². The van der Waals surface area contributed by atoms with Crippen molar-refractivity contribution >= 4 is 17.7 Å². The van der Waals surface area contributed by atoms with E-state index >= 15 is 0 Å². The van der Waals surface area contributed by atoms with Gasteiger partial charge in [0.25, 0.3) is 0 Å². The van der Waals surface area contributed by atoms with Crippen LogP contribution in [0.5, 0.6) is 0 Å². The van der Waals surface area contributed by atoms with Crippen LogP contribution < -0.4 is 10.6 Å². The van der Waals surface area contributed by atoms with Crippen LogP contribution in [-0.4, -0.2) is 36.5 Å². The number of nitrogens with one attached hydrogen (secondary N) is 2. The van der Waals surface area contributed by atoms with Gasteiger partial charge in [-0.2, -0.15) is 11.8 Å². The predicted octanol–water partition coefficient (Wildman–Crippen LogP) is 2.02. The standard InChI is InChI=1S/C14H26N2OS/c1-3-18-9-4-11(2)16-13(17)12-10-14(12)5-7-15-8-6-14/h11-12,15H,3-10H2,1-2H3,(H,16,17). The van der Waals surface area contributed by atoms with E-state index in [1.165, 1.54) is 18.6 Å². The summed E-state index contributed by atoms with van der Waals surface area (Å²) >= 11 is 1.95. The molecule has 2 aliphatic rings. The zero-order chi connectivity index (χ0) is 13.0. The minimum atomic E-state index is 0.306. The number of carbonyl (C=O) groups excluding carboxylic acids is 1. The first-order chi connectivity index (χ1) is 8.68. The molecular formula is C14H26N2OS. The highest BCUT2D eigenvalue weighted by molar-refractivity contribution is 7.99. The summed E-state index contributed by atoms with van der Waals surface area (Å²) < 4.78 is 0. The Kier molecular flexibility index (Phi) is 4.96. The second-order valence-corrected chi connectivity index (χ2v) is 7.16. The molecule has 2 rings (SSSR count). The van der Waals surface area contributed by atoms with Gasteiger partial charge < -0.3 is 10.6 Å². The monoisotopic (exact) mass is 270 g/mol. The second kappa shape index (κ2) is 6.29. The Morgan fingerprint density at radius 3 is 2.89 bits per heavy atom. The maximum absolute atomic E-state index is 12.2. The Balaban J connectivity index is 1.69. The Morgan fingerprint density at radius 1 is 1.50 bits per heavy atom. The number of thioether (sulfide) groups is 1. The van der Waals surface area contributed by atoms with Gasteiger partial charge in [0.2, 0.25) is 5.91 Å². The number of rotatable bonds is 6. The van der Waals surface area contributed by atoms with Gasteiger partial charge in [-0.15, -0.1) is 0 Å². The molecule has 1 aliphatic carbocycles. The van der Waals surface area contributed by atoms with E-state index in [1.807, 2.05) is 11.8 Å². The lowest BCUT2D eigenvalue weighted by atomic mass is 9.91. The lowest BCUT2D eigenvalue weighted by molar-refractivity contribution is -0.123. The number of piperidine rings is 1. The average Bonchev–Trinajstić information content (AvgIpc) is 3.04. The Bertz CT molecular complexity index is 290. The maximum Gasteiger partial charge on any atom is 0.223 e. The molecule has 2 atom stereocenters. The Morgan fingerprint density at radius 2 is 2.22 bits per heavy atom. The van der Waals surface area contributed by atoms with Crippen molar-refractivity contribution in [3.63, 3.8) is 0 Å². The van der Waals surface area contributed by atoms with E-state index in [0.29, 0.717) is 23.3 Å². The molecule has 1 saturated carbocycles. The van der Waals surface area contributed by atoms with Crippen molar-refractivity contribution < 1.29 is 4.79 Å². The van der Waals surface area contributed by atoms with E-state index in [2.05, 4.69) is 24.5 Å². The Labute approximate surface area is 115 Å². The molecule has 104 valence electrons. The van der Waals surface area contributed by atoms with Gasteiger partial charge in [-0.1, -0.05) is 6.92 Å². The minimum Gasteiger partial charge on any atom is -0.353 e. The normalized spacial score (nSPS) is 26.9. The maximum atomic E-state index is 12.2. The summed E-state index contributed by atoms with van der Waals surface area (Å²) in [6, 6.07) is 0.330. The molecule has 1 amide bonds. The molecule has 2 fully saturated rings. The summed E-state index contributed by atoms with van der Waals surface area (Å²) in [4.78, 5) is 12.2. The molecule has 4 heteroatoms. The van der Waals surface area contributed by atoms with E-state index in [9.17, 15) is 4.79 Å². The number of amides is 1. The van der Waals surface area contributed by atoms with Crippen molar-refractivity contribution in [2.24, 2.45) is 11.3 Å². The van der Waals surface area contributed by atoms with Crippen LogP contribution in [0.2, 0.25) is 0 Å². The van der Waals surface area contributed by atoms with E-state index < -0.39 is 0 Å². The van der Waals surface area contributed by atoms with E-state index in [0.717, 1.165) is 31.7 Å². The molecule has 0 aromatic carbocycles. The fourth-order valence-corrected chi connectivity index (χ4v) is 3.82. The Hall–Kier alpha value is -0.220. The molecule has 0 aromatic heterocycles. The summed E-state index contributed by atoms with van der Waals surface area (Å²) in [7, 11) is 0. The van der Waals surface area contributed by atoms with Crippen molar-refractivity contribution in [1.29, 1.82) is 0 Å². The molecule has 0 aromatic rings. The van der Waals surface area contributed by atoms with Gasteiger partial charge in [0.15, 0.2) is 0 Å². The van der Waals surface area contributed by atoms with Crippen molar-refractivity contribution in [2.75, 3.05) is 24.6 Å². The lowest BCUT2D eigenvalue weighted by Crippen LogP contribution is -2.37. The van der Waals surface area contributed by atoms with Gasteiger partial charge in [0.1, 0.15) is 0 Å². The third-order valence-corrected chi connectivity index (χ3v) is 5.33. The lowest BCUT2D eigenvalue weighted by Gasteiger charge is -2.23.